The van der Waals surface area contributed by atoms with Gasteiger partial charge < -0.3 is 14.4 Å². The maximum atomic E-state index is 5.54. The Kier molecular flexibility index (Phi) is 4.87. The summed E-state index contributed by atoms with van der Waals surface area (Å²) < 4.78 is 11.0. The van der Waals surface area contributed by atoms with Crippen molar-refractivity contribution in [2.45, 2.75) is 19.3 Å². The summed E-state index contributed by atoms with van der Waals surface area (Å²) in [5.41, 5.74) is 4.10. The second kappa shape index (κ2) is 7.05. The molecule has 1 heterocycles. The summed E-state index contributed by atoms with van der Waals surface area (Å²) in [6.45, 7) is 5.44. The fourth-order valence-corrected chi connectivity index (χ4v) is 3.46. The summed E-state index contributed by atoms with van der Waals surface area (Å²) in [5, 5.41) is 0. The van der Waals surface area contributed by atoms with E-state index in [2.05, 4.69) is 54.3 Å². The SMILES string of the molecule is CCN1CCc2cc(OC)c(OC)cc2C(c2ccccc2)C1. The molecule has 1 atom stereocenters. The van der Waals surface area contributed by atoms with Crippen molar-refractivity contribution in [2.24, 2.45) is 0 Å². The molecule has 0 saturated heterocycles. The minimum atomic E-state index is 0.369. The molecule has 0 radical (unpaired) electrons. The molecule has 2 aromatic rings. The Morgan fingerprint density at radius 1 is 1.04 bits per heavy atom. The Morgan fingerprint density at radius 3 is 2.39 bits per heavy atom. The van der Waals surface area contributed by atoms with Crippen LogP contribution in [-0.4, -0.2) is 38.8 Å². The van der Waals surface area contributed by atoms with Gasteiger partial charge in [-0.1, -0.05) is 37.3 Å². The van der Waals surface area contributed by atoms with Gasteiger partial charge in [0.1, 0.15) is 0 Å². The van der Waals surface area contributed by atoms with Crippen LogP contribution in [0.4, 0.5) is 0 Å². The van der Waals surface area contributed by atoms with Crippen molar-refractivity contribution >= 4 is 0 Å². The molecule has 1 aliphatic rings. The zero-order valence-electron chi connectivity index (χ0n) is 14.2. The number of hydrogen-bond donors (Lipinski definition) is 0. The largest absolute Gasteiger partial charge is 0.493 e. The van der Waals surface area contributed by atoms with Gasteiger partial charge in [0.2, 0.25) is 0 Å². The number of benzene rings is 2. The van der Waals surface area contributed by atoms with Crippen molar-refractivity contribution in [2.75, 3.05) is 33.9 Å². The lowest BCUT2D eigenvalue weighted by Gasteiger charge is -2.24. The van der Waals surface area contributed by atoms with Crippen LogP contribution >= 0.6 is 0 Å². The van der Waals surface area contributed by atoms with Crippen LogP contribution in [0.1, 0.15) is 29.5 Å². The van der Waals surface area contributed by atoms with Crippen LogP contribution in [0, 0.1) is 0 Å². The summed E-state index contributed by atoms with van der Waals surface area (Å²) in [7, 11) is 3.41. The van der Waals surface area contributed by atoms with Gasteiger partial charge >= 0.3 is 0 Å². The predicted octanol–water partition coefficient (Wildman–Crippen LogP) is 3.71. The van der Waals surface area contributed by atoms with Crippen LogP contribution in [0.15, 0.2) is 42.5 Å². The first-order valence-corrected chi connectivity index (χ1v) is 8.29. The number of methoxy groups -OCH3 is 2. The quantitative estimate of drug-likeness (QED) is 0.859. The molecule has 0 fully saturated rings. The smallest absolute Gasteiger partial charge is 0.161 e. The molecule has 3 nitrogen and oxygen atoms in total. The number of rotatable bonds is 4. The zero-order valence-corrected chi connectivity index (χ0v) is 14.2. The lowest BCUT2D eigenvalue weighted by atomic mass is 9.87. The van der Waals surface area contributed by atoms with Crippen molar-refractivity contribution in [1.82, 2.24) is 4.90 Å². The molecule has 1 aliphatic heterocycles. The van der Waals surface area contributed by atoms with E-state index < -0.39 is 0 Å². The topological polar surface area (TPSA) is 21.7 Å². The van der Waals surface area contributed by atoms with Crippen LogP contribution in [0.5, 0.6) is 11.5 Å². The van der Waals surface area contributed by atoms with Crippen LogP contribution in [0.2, 0.25) is 0 Å². The van der Waals surface area contributed by atoms with E-state index in [1.807, 2.05) is 0 Å². The first-order valence-electron chi connectivity index (χ1n) is 8.29. The highest BCUT2D eigenvalue weighted by molar-refractivity contribution is 5.51. The van der Waals surface area contributed by atoms with Gasteiger partial charge in [0.15, 0.2) is 11.5 Å². The van der Waals surface area contributed by atoms with Crippen LogP contribution in [0.25, 0.3) is 0 Å². The average Bonchev–Trinajstić information content (AvgIpc) is 2.80. The van der Waals surface area contributed by atoms with Gasteiger partial charge in [0.25, 0.3) is 0 Å². The number of fused-ring (bicyclic) bond motifs is 1. The molecule has 2 aromatic carbocycles. The summed E-state index contributed by atoms with van der Waals surface area (Å²) in [6.07, 6.45) is 1.05. The Morgan fingerprint density at radius 2 is 1.74 bits per heavy atom. The van der Waals surface area contributed by atoms with Crippen LogP contribution < -0.4 is 9.47 Å². The molecule has 3 heteroatoms. The fraction of sp³-hybridized carbons (Fsp3) is 0.400. The third-order valence-electron chi connectivity index (χ3n) is 4.81. The summed E-state index contributed by atoms with van der Waals surface area (Å²) in [6, 6.07) is 15.1. The average molecular weight is 311 g/mol. The van der Waals surface area contributed by atoms with E-state index in [9.17, 15) is 0 Å². The van der Waals surface area contributed by atoms with Crippen molar-refractivity contribution in [3.8, 4) is 11.5 Å². The first-order chi connectivity index (χ1) is 11.3. The molecule has 0 N–H and O–H groups in total. The van der Waals surface area contributed by atoms with E-state index in [0.29, 0.717) is 5.92 Å². The molecular formula is C20H25NO2. The molecule has 0 saturated carbocycles. The molecule has 0 amide bonds. The highest BCUT2D eigenvalue weighted by Gasteiger charge is 2.25. The highest BCUT2D eigenvalue weighted by Crippen LogP contribution is 2.38. The predicted molar refractivity (Wildman–Crippen MR) is 93.6 cm³/mol. The molecule has 0 bridgehead atoms. The number of ether oxygens (including phenoxy) is 2. The fourth-order valence-electron chi connectivity index (χ4n) is 3.46. The van der Waals surface area contributed by atoms with E-state index in [0.717, 1.165) is 37.6 Å². The standard InChI is InChI=1S/C20H25NO2/c1-4-21-11-10-16-12-19(22-2)20(23-3)13-17(16)18(14-21)15-8-6-5-7-9-15/h5-9,12-13,18H,4,10-11,14H2,1-3H3. The van der Waals surface area contributed by atoms with Gasteiger partial charge in [-0.05, 0) is 41.8 Å². The highest BCUT2D eigenvalue weighted by atomic mass is 16.5. The lowest BCUT2D eigenvalue weighted by molar-refractivity contribution is 0.291. The maximum Gasteiger partial charge on any atom is 0.161 e. The summed E-state index contributed by atoms with van der Waals surface area (Å²) in [4.78, 5) is 2.52. The van der Waals surface area contributed by atoms with E-state index in [1.54, 1.807) is 14.2 Å². The van der Waals surface area contributed by atoms with E-state index >= 15 is 0 Å². The zero-order chi connectivity index (χ0) is 16.2. The second-order valence-corrected chi connectivity index (χ2v) is 6.01. The van der Waals surface area contributed by atoms with Crippen molar-refractivity contribution in [1.29, 1.82) is 0 Å². The number of nitrogens with zero attached hydrogens (tertiary/aromatic N) is 1. The number of hydrogen-bond acceptors (Lipinski definition) is 3. The van der Waals surface area contributed by atoms with Crippen LogP contribution in [0.3, 0.4) is 0 Å². The van der Waals surface area contributed by atoms with Crippen molar-refractivity contribution in [3.63, 3.8) is 0 Å². The van der Waals surface area contributed by atoms with Gasteiger partial charge in [0.05, 0.1) is 14.2 Å². The van der Waals surface area contributed by atoms with Gasteiger partial charge in [-0.3, -0.25) is 0 Å². The normalized spacial score (nSPS) is 18.1. The second-order valence-electron chi connectivity index (χ2n) is 6.01. The first kappa shape index (κ1) is 15.9. The Bertz CT molecular complexity index is 654. The Hall–Kier alpha value is -2.00. The summed E-state index contributed by atoms with van der Waals surface area (Å²) >= 11 is 0. The molecule has 1 unspecified atom stereocenters. The Labute approximate surface area is 138 Å². The molecule has 23 heavy (non-hydrogen) atoms. The van der Waals surface area contributed by atoms with E-state index in [1.165, 1.54) is 16.7 Å². The molecule has 0 spiro atoms. The lowest BCUT2D eigenvalue weighted by Crippen LogP contribution is -2.28. The van der Waals surface area contributed by atoms with Crippen LogP contribution in [-0.2, 0) is 6.42 Å². The third-order valence-corrected chi connectivity index (χ3v) is 4.81. The van der Waals surface area contributed by atoms with Crippen molar-refractivity contribution < 1.29 is 9.47 Å². The van der Waals surface area contributed by atoms with Gasteiger partial charge in [-0.15, -0.1) is 0 Å². The number of likely N-dealkylation sites (N-methyl/N-ethyl adjacent to an activating group) is 1. The van der Waals surface area contributed by atoms with Gasteiger partial charge in [0, 0.05) is 19.0 Å². The Balaban J connectivity index is 2.11. The van der Waals surface area contributed by atoms with E-state index in [-0.39, 0.29) is 0 Å². The monoisotopic (exact) mass is 311 g/mol. The summed E-state index contributed by atoms with van der Waals surface area (Å²) in [5.74, 6) is 2.01. The minimum absolute atomic E-state index is 0.369. The molecular weight excluding hydrogens is 286 g/mol. The molecule has 0 aromatic heterocycles. The molecule has 122 valence electrons. The van der Waals surface area contributed by atoms with E-state index in [4.69, 9.17) is 9.47 Å². The van der Waals surface area contributed by atoms with Gasteiger partial charge in [-0.2, -0.15) is 0 Å². The van der Waals surface area contributed by atoms with Crippen molar-refractivity contribution in [3.05, 3.63) is 59.2 Å². The van der Waals surface area contributed by atoms with Gasteiger partial charge in [-0.25, -0.2) is 0 Å². The third kappa shape index (κ3) is 3.20. The molecule has 0 aliphatic carbocycles. The minimum Gasteiger partial charge on any atom is -0.493 e. The molecule has 3 rings (SSSR count). The maximum absolute atomic E-state index is 5.54.